The number of ether oxygens (including phenoxy) is 2. The number of benzene rings is 4. The molecule has 2 heterocycles. The second-order valence-corrected chi connectivity index (χ2v) is 11.8. The highest BCUT2D eigenvalue weighted by Crippen LogP contribution is 2.33. The van der Waals surface area contributed by atoms with Gasteiger partial charge in [0.25, 0.3) is 17.0 Å². The van der Waals surface area contributed by atoms with E-state index in [1.54, 1.807) is 57.7 Å². The van der Waals surface area contributed by atoms with Crippen molar-refractivity contribution in [1.82, 2.24) is 14.5 Å². The van der Waals surface area contributed by atoms with Gasteiger partial charge in [-0.1, -0.05) is 54.6 Å². The van der Waals surface area contributed by atoms with E-state index in [9.17, 15) is 14.4 Å². The Bertz CT molecular complexity index is 2190. The van der Waals surface area contributed by atoms with Crippen LogP contribution in [-0.2, 0) is 26.4 Å². The van der Waals surface area contributed by atoms with Crippen molar-refractivity contribution in [2.75, 3.05) is 32.6 Å². The molecule has 9 heteroatoms. The van der Waals surface area contributed by atoms with Gasteiger partial charge in [0.05, 0.1) is 14.2 Å². The zero-order chi connectivity index (χ0) is 33.6. The second-order valence-electron chi connectivity index (χ2n) is 11.8. The summed E-state index contributed by atoms with van der Waals surface area (Å²) < 4.78 is 12.3. The van der Waals surface area contributed by atoms with Crippen molar-refractivity contribution in [3.8, 4) is 11.5 Å². The minimum Gasteiger partial charge on any atom is -0.493 e. The number of carbonyl (C=O) groups is 1. The zero-order valence-corrected chi connectivity index (χ0v) is 27.3. The molecule has 48 heavy (non-hydrogen) atoms. The Balaban J connectivity index is 1.10. The summed E-state index contributed by atoms with van der Waals surface area (Å²) in [5.74, 6) is 1.25. The van der Waals surface area contributed by atoms with Crippen LogP contribution in [0.25, 0.3) is 12.2 Å². The van der Waals surface area contributed by atoms with E-state index >= 15 is 0 Å². The van der Waals surface area contributed by atoms with Crippen LogP contribution in [0.1, 0.15) is 38.2 Å². The molecule has 1 aliphatic heterocycles. The van der Waals surface area contributed by atoms with E-state index in [0.29, 0.717) is 16.8 Å². The number of carbonyl (C=O) groups excluding carboxylic acids is 1. The van der Waals surface area contributed by atoms with Gasteiger partial charge in [-0.15, -0.1) is 0 Å². The summed E-state index contributed by atoms with van der Waals surface area (Å²) in [4.78, 5) is 44.3. The average Bonchev–Trinajstić information content (AvgIpc) is 3.11. The minimum atomic E-state index is -0.382. The smallest absolute Gasteiger partial charge is 0.274 e. The number of nitrogens with one attached hydrogen (secondary N) is 2. The fourth-order valence-electron chi connectivity index (χ4n) is 5.96. The number of H-pyrrole nitrogens is 1. The third-order valence-electron chi connectivity index (χ3n) is 8.67. The van der Waals surface area contributed by atoms with Crippen LogP contribution in [0, 0.1) is 0 Å². The molecule has 0 aliphatic carbocycles. The lowest BCUT2D eigenvalue weighted by atomic mass is 9.98. The van der Waals surface area contributed by atoms with E-state index < -0.39 is 0 Å². The maximum absolute atomic E-state index is 13.1. The van der Waals surface area contributed by atoms with E-state index in [1.807, 2.05) is 54.6 Å². The molecule has 2 N–H and O–H groups in total. The SMILES string of the molecule is COc1cc2c(cc1OC)CN(CCc1ccc(NC(=O)c3cccc(/C=c4/[nH]c(=O)/c(=C\c5ccccc5)n(C)c4=O)c3)cc1)CC2. The third kappa shape index (κ3) is 7.32. The fraction of sp³-hybridized carbons (Fsp3) is 0.205. The third-order valence-corrected chi connectivity index (χ3v) is 8.67. The van der Waals surface area contributed by atoms with Crippen LogP contribution in [0.3, 0.4) is 0 Å². The number of methoxy groups -OCH3 is 2. The zero-order valence-electron chi connectivity index (χ0n) is 27.3. The summed E-state index contributed by atoms with van der Waals surface area (Å²) in [6.45, 7) is 2.77. The Morgan fingerprint density at radius 3 is 2.29 bits per heavy atom. The van der Waals surface area contributed by atoms with Crippen LogP contribution in [0.5, 0.6) is 11.5 Å². The Labute approximate surface area is 278 Å². The van der Waals surface area contributed by atoms with Crippen molar-refractivity contribution in [2.24, 2.45) is 7.05 Å². The van der Waals surface area contributed by atoms with E-state index in [2.05, 4.69) is 27.3 Å². The minimum absolute atomic E-state index is 0.134. The first-order valence-electron chi connectivity index (χ1n) is 15.9. The average molecular weight is 643 g/mol. The van der Waals surface area contributed by atoms with Crippen molar-refractivity contribution < 1.29 is 14.3 Å². The summed E-state index contributed by atoms with van der Waals surface area (Å²) >= 11 is 0. The summed E-state index contributed by atoms with van der Waals surface area (Å²) in [6.07, 6.45) is 5.11. The molecule has 5 aromatic rings. The Morgan fingerprint density at radius 2 is 1.56 bits per heavy atom. The lowest BCUT2D eigenvalue weighted by Gasteiger charge is -2.29. The van der Waals surface area contributed by atoms with Crippen LogP contribution in [0.4, 0.5) is 5.69 Å². The van der Waals surface area contributed by atoms with Gasteiger partial charge in [0.2, 0.25) is 0 Å². The number of anilines is 1. The molecule has 0 unspecified atom stereocenters. The van der Waals surface area contributed by atoms with Crippen molar-refractivity contribution >= 4 is 23.7 Å². The molecular weight excluding hydrogens is 604 g/mol. The van der Waals surface area contributed by atoms with Crippen LogP contribution >= 0.6 is 0 Å². The Hall–Kier alpha value is -5.67. The number of aromatic amines is 1. The Morgan fingerprint density at radius 1 is 0.854 bits per heavy atom. The standard InChI is InChI=1S/C39H38N4O5/c1-42-34(22-27-8-5-4-6-9-27)38(45)41-33(39(42)46)21-28-10-7-11-30(20-28)37(44)40-32-14-12-26(13-15-32)16-18-43-19-17-29-23-35(47-2)36(48-3)24-31(29)25-43/h4-15,20-24H,16-19,25H2,1-3H3,(H,40,44)(H,41,45)/b33-21+,34-22+. The van der Waals surface area contributed by atoms with E-state index in [4.69, 9.17) is 9.47 Å². The second kappa shape index (κ2) is 14.4. The molecular formula is C39H38N4O5. The van der Waals surface area contributed by atoms with Gasteiger partial charge in [-0.2, -0.15) is 0 Å². The molecule has 0 spiro atoms. The normalized spacial score (nSPS) is 13.6. The van der Waals surface area contributed by atoms with Gasteiger partial charge in [0.15, 0.2) is 11.5 Å². The van der Waals surface area contributed by atoms with Crippen LogP contribution < -0.4 is 36.6 Å². The molecule has 1 aliphatic rings. The number of rotatable bonds is 9. The maximum atomic E-state index is 13.1. The lowest BCUT2D eigenvalue weighted by Crippen LogP contribution is -2.52. The highest BCUT2D eigenvalue weighted by atomic mass is 16.5. The first-order valence-corrected chi connectivity index (χ1v) is 15.9. The summed E-state index contributed by atoms with van der Waals surface area (Å²) in [6, 6.07) is 28.3. The number of nitrogens with zero attached hydrogens (tertiary/aromatic N) is 2. The quantitative estimate of drug-likeness (QED) is 0.255. The molecule has 9 nitrogen and oxygen atoms in total. The highest BCUT2D eigenvalue weighted by Gasteiger charge is 2.19. The number of hydrogen-bond acceptors (Lipinski definition) is 6. The molecule has 0 bridgehead atoms. The fourth-order valence-corrected chi connectivity index (χ4v) is 5.96. The molecule has 4 aromatic carbocycles. The predicted molar refractivity (Wildman–Crippen MR) is 188 cm³/mol. The monoisotopic (exact) mass is 642 g/mol. The van der Waals surface area contributed by atoms with Crippen LogP contribution in [-0.4, -0.2) is 47.7 Å². The topological polar surface area (TPSA) is 106 Å². The number of hydrogen-bond donors (Lipinski definition) is 2. The number of fused-ring (bicyclic) bond motifs is 1. The van der Waals surface area contributed by atoms with Gasteiger partial charge in [-0.05, 0) is 89.2 Å². The molecule has 244 valence electrons. The molecule has 0 radical (unpaired) electrons. The molecule has 0 fully saturated rings. The van der Waals surface area contributed by atoms with Gasteiger partial charge >= 0.3 is 0 Å². The Kier molecular flexibility index (Phi) is 9.68. The first kappa shape index (κ1) is 32.3. The number of aromatic nitrogens is 2. The van der Waals surface area contributed by atoms with Crippen molar-refractivity contribution in [2.45, 2.75) is 19.4 Å². The van der Waals surface area contributed by atoms with Gasteiger partial charge in [0, 0.05) is 37.9 Å². The largest absolute Gasteiger partial charge is 0.493 e. The van der Waals surface area contributed by atoms with E-state index in [1.165, 1.54) is 21.3 Å². The molecule has 1 amide bonds. The van der Waals surface area contributed by atoms with Gasteiger partial charge in [0.1, 0.15) is 10.7 Å². The maximum Gasteiger partial charge on any atom is 0.274 e. The van der Waals surface area contributed by atoms with Crippen molar-refractivity contribution in [1.29, 1.82) is 0 Å². The highest BCUT2D eigenvalue weighted by molar-refractivity contribution is 6.04. The van der Waals surface area contributed by atoms with Crippen LogP contribution in [0.15, 0.2) is 101 Å². The van der Waals surface area contributed by atoms with Crippen LogP contribution in [0.2, 0.25) is 0 Å². The predicted octanol–water partition coefficient (Wildman–Crippen LogP) is 3.60. The molecule has 0 saturated heterocycles. The summed E-state index contributed by atoms with van der Waals surface area (Å²) in [5, 5.41) is 3.35. The molecule has 0 saturated carbocycles. The van der Waals surface area contributed by atoms with Crippen molar-refractivity contribution in [3.05, 3.63) is 156 Å². The summed E-state index contributed by atoms with van der Waals surface area (Å²) in [5.41, 5.74) is 5.58. The molecule has 6 rings (SSSR count). The van der Waals surface area contributed by atoms with Gasteiger partial charge in [-0.3, -0.25) is 19.3 Å². The lowest BCUT2D eigenvalue weighted by molar-refractivity contribution is 0.102. The summed E-state index contributed by atoms with van der Waals surface area (Å²) in [7, 11) is 4.89. The van der Waals surface area contributed by atoms with E-state index in [-0.39, 0.29) is 27.7 Å². The van der Waals surface area contributed by atoms with Gasteiger partial charge < -0.3 is 24.3 Å². The number of amides is 1. The van der Waals surface area contributed by atoms with Crippen molar-refractivity contribution in [3.63, 3.8) is 0 Å². The molecule has 0 atom stereocenters. The van der Waals surface area contributed by atoms with E-state index in [0.717, 1.165) is 49.5 Å². The molecule has 1 aromatic heterocycles. The van der Waals surface area contributed by atoms with Gasteiger partial charge in [-0.25, -0.2) is 0 Å². The first-order chi connectivity index (χ1) is 23.3.